The number of aromatic nitrogens is 4. The van der Waals surface area contributed by atoms with Gasteiger partial charge in [-0.1, -0.05) is 12.1 Å². The topological polar surface area (TPSA) is 79.0 Å². The van der Waals surface area contributed by atoms with Gasteiger partial charge in [0.05, 0.1) is 5.69 Å². The molecule has 116 valence electrons. The molecule has 0 unspecified atom stereocenters. The highest BCUT2D eigenvalue weighted by atomic mass is 16.5. The lowest BCUT2D eigenvalue weighted by molar-refractivity contribution is 0.0463. The average Bonchev–Trinajstić information content (AvgIpc) is 3.10. The highest BCUT2D eigenvalue weighted by molar-refractivity contribution is 5.86. The molecule has 7 nitrogen and oxygen atoms in total. The minimum atomic E-state index is -0.572. The van der Waals surface area contributed by atoms with Gasteiger partial charge < -0.3 is 4.74 Å². The van der Waals surface area contributed by atoms with Crippen molar-refractivity contribution in [3.8, 4) is 5.69 Å². The number of nitrogens with zero attached hydrogens (tertiary/aromatic N) is 4. The summed E-state index contributed by atoms with van der Waals surface area (Å²) < 4.78 is 8.03. The number of rotatable bonds is 4. The lowest BCUT2D eigenvalue weighted by Crippen LogP contribution is -2.21. The molecular formula is C16H14N4O3. The summed E-state index contributed by atoms with van der Waals surface area (Å²) in [5.41, 5.74) is 1.58. The molecule has 23 heavy (non-hydrogen) atoms. The SMILES string of the molecule is Cn1nc(C(=O)OCc2ccc(-n3cccn3)cc2)ccc1=O. The first kappa shape index (κ1) is 14.7. The lowest BCUT2D eigenvalue weighted by atomic mass is 10.2. The van der Waals surface area contributed by atoms with Crippen LogP contribution in [0, 0.1) is 0 Å². The fourth-order valence-corrected chi connectivity index (χ4v) is 2.00. The van der Waals surface area contributed by atoms with Gasteiger partial charge in [0.1, 0.15) is 6.61 Å². The van der Waals surface area contributed by atoms with E-state index in [4.69, 9.17) is 4.74 Å². The van der Waals surface area contributed by atoms with Gasteiger partial charge in [0, 0.05) is 25.5 Å². The van der Waals surface area contributed by atoms with E-state index >= 15 is 0 Å². The number of carbonyl (C=O) groups excluding carboxylic acids is 1. The zero-order valence-electron chi connectivity index (χ0n) is 12.4. The molecule has 0 bridgehead atoms. The predicted octanol–water partition coefficient (Wildman–Crippen LogP) is 1.32. The zero-order chi connectivity index (χ0) is 16.2. The van der Waals surface area contributed by atoms with Crippen LogP contribution >= 0.6 is 0 Å². The summed E-state index contributed by atoms with van der Waals surface area (Å²) in [7, 11) is 1.48. The van der Waals surface area contributed by atoms with Crippen LogP contribution in [0.25, 0.3) is 5.69 Å². The van der Waals surface area contributed by atoms with E-state index < -0.39 is 5.97 Å². The Morgan fingerprint density at radius 3 is 2.61 bits per heavy atom. The molecule has 0 saturated heterocycles. The Morgan fingerprint density at radius 1 is 1.17 bits per heavy atom. The van der Waals surface area contributed by atoms with E-state index in [1.165, 1.54) is 19.2 Å². The Balaban J connectivity index is 1.64. The van der Waals surface area contributed by atoms with Crippen molar-refractivity contribution in [1.29, 1.82) is 0 Å². The smallest absolute Gasteiger partial charge is 0.359 e. The standard InChI is InChI=1S/C16H14N4O3/c1-19-15(21)8-7-14(18-19)16(22)23-11-12-3-5-13(6-4-12)20-10-2-9-17-20/h2-10H,11H2,1H3. The largest absolute Gasteiger partial charge is 0.456 e. The van der Waals surface area contributed by atoms with Crippen molar-refractivity contribution in [2.45, 2.75) is 6.61 Å². The Morgan fingerprint density at radius 2 is 1.96 bits per heavy atom. The zero-order valence-corrected chi connectivity index (χ0v) is 12.4. The highest BCUT2D eigenvalue weighted by Gasteiger charge is 2.10. The van der Waals surface area contributed by atoms with Gasteiger partial charge in [-0.3, -0.25) is 4.79 Å². The van der Waals surface area contributed by atoms with Crippen LogP contribution in [0.5, 0.6) is 0 Å². The summed E-state index contributed by atoms with van der Waals surface area (Å²) in [5.74, 6) is -0.572. The molecular weight excluding hydrogens is 296 g/mol. The van der Waals surface area contributed by atoms with Gasteiger partial charge in [-0.25, -0.2) is 14.2 Å². The van der Waals surface area contributed by atoms with Crippen molar-refractivity contribution in [3.63, 3.8) is 0 Å². The molecule has 0 aliphatic heterocycles. The number of carbonyl (C=O) groups is 1. The molecule has 0 radical (unpaired) electrons. The number of esters is 1. The minimum absolute atomic E-state index is 0.0975. The van der Waals surface area contributed by atoms with Crippen molar-refractivity contribution in [2.75, 3.05) is 0 Å². The van der Waals surface area contributed by atoms with Crippen molar-refractivity contribution in [1.82, 2.24) is 19.6 Å². The molecule has 0 spiro atoms. The van der Waals surface area contributed by atoms with E-state index in [9.17, 15) is 9.59 Å². The van der Waals surface area contributed by atoms with Crippen LogP contribution in [-0.4, -0.2) is 25.5 Å². The maximum Gasteiger partial charge on any atom is 0.359 e. The van der Waals surface area contributed by atoms with Crippen LogP contribution in [0.2, 0.25) is 0 Å². The van der Waals surface area contributed by atoms with E-state index in [1.54, 1.807) is 10.9 Å². The fraction of sp³-hybridized carbons (Fsp3) is 0.125. The van der Waals surface area contributed by atoms with Gasteiger partial charge >= 0.3 is 5.97 Å². The number of benzene rings is 1. The predicted molar refractivity (Wildman–Crippen MR) is 82.2 cm³/mol. The lowest BCUT2D eigenvalue weighted by Gasteiger charge is -2.06. The molecule has 7 heteroatoms. The monoisotopic (exact) mass is 310 g/mol. The van der Waals surface area contributed by atoms with E-state index in [1.807, 2.05) is 36.5 Å². The fourth-order valence-electron chi connectivity index (χ4n) is 2.00. The first-order valence-electron chi connectivity index (χ1n) is 6.94. The van der Waals surface area contributed by atoms with Gasteiger partial charge in [-0.05, 0) is 29.8 Å². The summed E-state index contributed by atoms with van der Waals surface area (Å²) in [6, 6.07) is 12.0. The Hall–Kier alpha value is -3.22. The van der Waals surface area contributed by atoms with Crippen molar-refractivity contribution in [2.24, 2.45) is 7.05 Å². The second-order valence-electron chi connectivity index (χ2n) is 4.87. The van der Waals surface area contributed by atoms with Crippen molar-refractivity contribution < 1.29 is 9.53 Å². The van der Waals surface area contributed by atoms with Crippen LogP contribution in [0.1, 0.15) is 16.1 Å². The molecule has 2 aromatic heterocycles. The van der Waals surface area contributed by atoms with E-state index in [2.05, 4.69) is 10.2 Å². The molecule has 1 aromatic carbocycles. The summed E-state index contributed by atoms with van der Waals surface area (Å²) in [5, 5.41) is 7.99. The van der Waals surface area contributed by atoms with Gasteiger partial charge in [-0.2, -0.15) is 10.2 Å². The van der Waals surface area contributed by atoms with Crippen LogP contribution < -0.4 is 5.56 Å². The van der Waals surface area contributed by atoms with Gasteiger partial charge in [0.2, 0.25) is 0 Å². The van der Waals surface area contributed by atoms with E-state index in [0.717, 1.165) is 15.9 Å². The second-order valence-corrected chi connectivity index (χ2v) is 4.87. The number of hydrogen-bond donors (Lipinski definition) is 0. The first-order chi connectivity index (χ1) is 11.1. The molecule has 0 amide bonds. The molecule has 0 N–H and O–H groups in total. The van der Waals surface area contributed by atoms with Crippen molar-refractivity contribution >= 4 is 5.97 Å². The summed E-state index contributed by atoms with van der Waals surface area (Å²) >= 11 is 0. The third-order valence-corrected chi connectivity index (χ3v) is 3.24. The number of hydrogen-bond acceptors (Lipinski definition) is 5. The maximum atomic E-state index is 11.9. The molecule has 0 aliphatic carbocycles. The number of aryl methyl sites for hydroxylation is 1. The highest BCUT2D eigenvalue weighted by Crippen LogP contribution is 2.10. The van der Waals surface area contributed by atoms with Crippen LogP contribution in [0.3, 0.4) is 0 Å². The summed E-state index contributed by atoms with van der Waals surface area (Å²) in [6.45, 7) is 0.128. The third-order valence-electron chi connectivity index (χ3n) is 3.24. The first-order valence-corrected chi connectivity index (χ1v) is 6.94. The summed E-state index contributed by atoms with van der Waals surface area (Å²) in [4.78, 5) is 23.2. The average molecular weight is 310 g/mol. The minimum Gasteiger partial charge on any atom is -0.456 e. The molecule has 0 atom stereocenters. The Labute approximate surface area is 131 Å². The summed E-state index contributed by atoms with van der Waals surface area (Å²) in [6.07, 6.45) is 3.55. The quantitative estimate of drug-likeness (QED) is 0.679. The van der Waals surface area contributed by atoms with Gasteiger partial charge in [0.25, 0.3) is 5.56 Å². The molecule has 0 aliphatic rings. The van der Waals surface area contributed by atoms with Crippen LogP contribution in [-0.2, 0) is 18.4 Å². The van der Waals surface area contributed by atoms with Gasteiger partial charge in [0.15, 0.2) is 5.69 Å². The third kappa shape index (κ3) is 3.34. The molecule has 0 saturated carbocycles. The van der Waals surface area contributed by atoms with Crippen LogP contribution in [0.4, 0.5) is 0 Å². The van der Waals surface area contributed by atoms with Gasteiger partial charge in [-0.15, -0.1) is 0 Å². The molecule has 3 aromatic rings. The maximum absolute atomic E-state index is 11.9. The Kier molecular flexibility index (Phi) is 4.01. The molecule has 2 heterocycles. The van der Waals surface area contributed by atoms with E-state index in [-0.39, 0.29) is 17.9 Å². The Bertz CT molecular complexity index is 867. The normalized spacial score (nSPS) is 10.5. The molecule has 0 fully saturated rings. The van der Waals surface area contributed by atoms with Crippen LogP contribution in [0.15, 0.2) is 59.7 Å². The van der Waals surface area contributed by atoms with Crippen molar-refractivity contribution in [3.05, 3.63) is 76.5 Å². The molecule has 3 rings (SSSR count). The van der Waals surface area contributed by atoms with E-state index in [0.29, 0.717) is 0 Å². The number of ether oxygens (including phenoxy) is 1. The second kappa shape index (κ2) is 6.27.